The Morgan fingerprint density at radius 3 is 2.58 bits per heavy atom. The van der Waals surface area contributed by atoms with Crippen molar-refractivity contribution in [3.63, 3.8) is 0 Å². The maximum absolute atomic E-state index is 13.0. The fraction of sp³-hybridized carbons (Fsp3) is 0.222. The number of halogens is 2. The van der Waals surface area contributed by atoms with Crippen molar-refractivity contribution in [2.24, 2.45) is 0 Å². The minimum absolute atomic E-state index is 0.00216. The Kier molecular flexibility index (Phi) is 6.32. The number of hydrogen-bond donors (Lipinski definition) is 1. The molecule has 0 radical (unpaired) electrons. The molecular formula is C18H17ClFNO3. The van der Waals surface area contributed by atoms with Crippen LogP contribution in [0.1, 0.15) is 24.8 Å². The first-order valence-electron chi connectivity index (χ1n) is 7.41. The molecule has 0 saturated heterocycles. The molecule has 1 N–H and O–H groups in total. The lowest BCUT2D eigenvalue weighted by Gasteiger charge is -2.11. The number of nitrogens with one attached hydrogen (secondary N) is 1. The molecule has 0 aromatic heterocycles. The molecule has 0 aliphatic carbocycles. The molecule has 2 aromatic rings. The first-order valence-corrected chi connectivity index (χ1v) is 7.79. The molecule has 0 saturated carbocycles. The highest BCUT2D eigenvalue weighted by molar-refractivity contribution is 6.31. The van der Waals surface area contributed by atoms with E-state index in [0.29, 0.717) is 5.69 Å². The minimum Gasteiger partial charge on any atom is -0.456 e. The summed E-state index contributed by atoms with van der Waals surface area (Å²) in [4.78, 5) is 23.6. The first-order chi connectivity index (χ1) is 11.5. The summed E-state index contributed by atoms with van der Waals surface area (Å²) in [5.74, 6) is -1.55. The Morgan fingerprint density at radius 1 is 1.21 bits per heavy atom. The van der Waals surface area contributed by atoms with Crippen LogP contribution in [0.25, 0.3) is 0 Å². The van der Waals surface area contributed by atoms with Crippen molar-refractivity contribution < 1.29 is 18.7 Å². The third-order valence-electron chi connectivity index (χ3n) is 3.41. The maximum atomic E-state index is 13.0. The molecule has 1 atom stereocenters. The fourth-order valence-electron chi connectivity index (χ4n) is 2.13. The van der Waals surface area contributed by atoms with Crippen molar-refractivity contribution >= 4 is 29.2 Å². The minimum atomic E-state index is -0.573. The van der Waals surface area contributed by atoms with E-state index in [1.165, 1.54) is 12.1 Å². The Bertz CT molecular complexity index is 721. The number of benzene rings is 2. The van der Waals surface area contributed by atoms with Gasteiger partial charge in [0, 0.05) is 5.69 Å². The van der Waals surface area contributed by atoms with Gasteiger partial charge in [-0.1, -0.05) is 48.9 Å². The van der Waals surface area contributed by atoms with Crippen LogP contribution in [0.15, 0.2) is 48.5 Å². The lowest BCUT2D eigenvalue weighted by molar-refractivity contribution is -0.147. The summed E-state index contributed by atoms with van der Waals surface area (Å²) in [6.45, 7) is 1.51. The Labute approximate surface area is 144 Å². The number of carbonyl (C=O) groups is 2. The Balaban J connectivity index is 1.78. The molecule has 0 unspecified atom stereocenters. The van der Waals surface area contributed by atoms with Gasteiger partial charge in [-0.2, -0.15) is 0 Å². The molecule has 0 aliphatic rings. The zero-order chi connectivity index (χ0) is 17.5. The third-order valence-corrected chi connectivity index (χ3v) is 3.70. The van der Waals surface area contributed by atoms with E-state index in [0.717, 1.165) is 11.6 Å². The molecule has 2 rings (SSSR count). The fourth-order valence-corrected chi connectivity index (χ4v) is 2.31. The Morgan fingerprint density at radius 2 is 1.92 bits per heavy atom. The molecule has 2 aromatic carbocycles. The summed E-state index contributed by atoms with van der Waals surface area (Å²) in [5, 5.41) is 2.39. The van der Waals surface area contributed by atoms with E-state index in [9.17, 15) is 14.0 Å². The highest BCUT2D eigenvalue weighted by Gasteiger charge is 2.14. The van der Waals surface area contributed by atoms with Crippen LogP contribution in [0, 0.1) is 5.82 Å². The number of anilines is 1. The third kappa shape index (κ3) is 5.35. The van der Waals surface area contributed by atoms with Gasteiger partial charge in [-0.05, 0) is 29.7 Å². The van der Waals surface area contributed by atoms with E-state index in [1.54, 1.807) is 0 Å². The average Bonchev–Trinajstić information content (AvgIpc) is 2.57. The van der Waals surface area contributed by atoms with Crippen molar-refractivity contribution in [3.05, 3.63) is 64.9 Å². The molecule has 1 amide bonds. The monoisotopic (exact) mass is 349 g/mol. The molecule has 0 heterocycles. The lowest BCUT2D eigenvalue weighted by Crippen LogP contribution is -2.21. The van der Waals surface area contributed by atoms with E-state index < -0.39 is 24.3 Å². The second-order valence-corrected chi connectivity index (χ2v) is 5.76. The van der Waals surface area contributed by atoms with E-state index in [-0.39, 0.29) is 17.4 Å². The largest absolute Gasteiger partial charge is 0.456 e. The van der Waals surface area contributed by atoms with Gasteiger partial charge < -0.3 is 10.1 Å². The molecular weight excluding hydrogens is 333 g/mol. The number of rotatable bonds is 6. The van der Waals surface area contributed by atoms with E-state index in [1.807, 2.05) is 37.3 Å². The number of esters is 1. The van der Waals surface area contributed by atoms with Gasteiger partial charge in [-0.15, -0.1) is 0 Å². The smallest absolute Gasteiger partial charge is 0.306 e. The van der Waals surface area contributed by atoms with Crippen LogP contribution in [0.3, 0.4) is 0 Å². The predicted octanol–water partition coefficient (Wildman–Crippen LogP) is 4.15. The van der Waals surface area contributed by atoms with Crippen LogP contribution in [0.4, 0.5) is 10.1 Å². The van der Waals surface area contributed by atoms with Gasteiger partial charge in [0.2, 0.25) is 0 Å². The van der Waals surface area contributed by atoms with Crippen LogP contribution in [0.2, 0.25) is 5.02 Å². The van der Waals surface area contributed by atoms with Crippen LogP contribution in [-0.2, 0) is 14.3 Å². The summed E-state index contributed by atoms with van der Waals surface area (Å²) in [7, 11) is 0. The standard InChI is InChI=1S/C18H17ClFNO3/c1-12(13-5-3-2-4-6-13)9-18(23)24-11-17(22)21-14-7-8-16(20)15(19)10-14/h2-8,10,12H,9,11H2,1H3,(H,21,22)/t12-/m0/s1. The highest BCUT2D eigenvalue weighted by atomic mass is 35.5. The van der Waals surface area contributed by atoms with Crippen molar-refractivity contribution in [1.82, 2.24) is 0 Å². The van der Waals surface area contributed by atoms with Crippen LogP contribution in [0.5, 0.6) is 0 Å². The van der Waals surface area contributed by atoms with Gasteiger partial charge >= 0.3 is 5.97 Å². The van der Waals surface area contributed by atoms with Gasteiger partial charge in [0.05, 0.1) is 11.4 Å². The predicted molar refractivity (Wildman–Crippen MR) is 90.5 cm³/mol. The van der Waals surface area contributed by atoms with Crippen LogP contribution < -0.4 is 5.32 Å². The second-order valence-electron chi connectivity index (χ2n) is 5.35. The van der Waals surface area contributed by atoms with E-state index in [2.05, 4.69) is 5.32 Å². The number of ether oxygens (including phenoxy) is 1. The quantitative estimate of drug-likeness (QED) is 0.797. The zero-order valence-corrected chi connectivity index (χ0v) is 13.8. The summed E-state index contributed by atoms with van der Waals surface area (Å²) in [5.41, 5.74) is 1.36. The molecule has 126 valence electrons. The summed E-state index contributed by atoms with van der Waals surface area (Å²) in [6, 6.07) is 13.4. The first kappa shape index (κ1) is 17.9. The summed E-state index contributed by atoms with van der Waals surface area (Å²) in [6.07, 6.45) is 0.180. The molecule has 24 heavy (non-hydrogen) atoms. The molecule has 0 spiro atoms. The SMILES string of the molecule is C[C@@H](CC(=O)OCC(=O)Nc1ccc(F)c(Cl)c1)c1ccccc1. The number of carbonyl (C=O) groups excluding carboxylic acids is 2. The summed E-state index contributed by atoms with van der Waals surface area (Å²) < 4.78 is 18.0. The average molecular weight is 350 g/mol. The normalized spacial score (nSPS) is 11.6. The molecule has 0 aliphatic heterocycles. The molecule has 0 fully saturated rings. The van der Waals surface area contributed by atoms with E-state index in [4.69, 9.17) is 16.3 Å². The second kappa shape index (κ2) is 8.45. The van der Waals surface area contributed by atoms with Crippen molar-refractivity contribution in [2.75, 3.05) is 11.9 Å². The van der Waals surface area contributed by atoms with Crippen molar-refractivity contribution in [3.8, 4) is 0 Å². The van der Waals surface area contributed by atoms with Crippen molar-refractivity contribution in [2.45, 2.75) is 19.3 Å². The van der Waals surface area contributed by atoms with Gasteiger partial charge in [-0.25, -0.2) is 4.39 Å². The van der Waals surface area contributed by atoms with Gasteiger partial charge in [-0.3, -0.25) is 9.59 Å². The molecule has 4 nitrogen and oxygen atoms in total. The van der Waals surface area contributed by atoms with E-state index >= 15 is 0 Å². The molecule has 6 heteroatoms. The topological polar surface area (TPSA) is 55.4 Å². The van der Waals surface area contributed by atoms with Gasteiger partial charge in [0.25, 0.3) is 5.91 Å². The van der Waals surface area contributed by atoms with Crippen molar-refractivity contribution in [1.29, 1.82) is 0 Å². The summed E-state index contributed by atoms with van der Waals surface area (Å²) >= 11 is 5.63. The number of hydrogen-bond acceptors (Lipinski definition) is 3. The van der Waals surface area contributed by atoms with Crippen LogP contribution in [-0.4, -0.2) is 18.5 Å². The number of amides is 1. The van der Waals surface area contributed by atoms with Gasteiger partial charge in [0.15, 0.2) is 6.61 Å². The zero-order valence-electron chi connectivity index (χ0n) is 13.1. The van der Waals surface area contributed by atoms with Gasteiger partial charge in [0.1, 0.15) is 5.82 Å². The highest BCUT2D eigenvalue weighted by Crippen LogP contribution is 2.20. The van der Waals surface area contributed by atoms with Crippen LogP contribution >= 0.6 is 11.6 Å². The lowest BCUT2D eigenvalue weighted by atomic mass is 9.98. The Hall–Kier alpha value is -2.40. The molecule has 0 bridgehead atoms. The maximum Gasteiger partial charge on any atom is 0.306 e.